The second kappa shape index (κ2) is 9.03. The molecule has 31 heavy (non-hydrogen) atoms. The number of ether oxygens (including phenoxy) is 2. The summed E-state index contributed by atoms with van der Waals surface area (Å²) in [7, 11) is 0. The Kier molecular flexibility index (Phi) is 6.43. The monoisotopic (exact) mass is 433 g/mol. The third kappa shape index (κ3) is 5.50. The van der Waals surface area contributed by atoms with E-state index in [4.69, 9.17) is 14.0 Å². The van der Waals surface area contributed by atoms with Gasteiger partial charge in [-0.3, -0.25) is 4.79 Å². The highest BCUT2D eigenvalue weighted by Gasteiger charge is 2.31. The Hall–Kier alpha value is -3.62. The first kappa shape index (κ1) is 22.1. The molecule has 0 N–H and O–H groups in total. The molecule has 0 spiro atoms. The van der Waals surface area contributed by atoms with Gasteiger partial charge in [-0.2, -0.15) is 13.2 Å². The molecule has 0 atom stereocenters. The average Bonchev–Trinajstić information content (AvgIpc) is 3.07. The lowest BCUT2D eigenvalue weighted by Gasteiger charge is -2.09. The van der Waals surface area contributed by atoms with Gasteiger partial charge in [-0.25, -0.2) is 4.79 Å². The number of aryl methyl sites for hydroxylation is 2. The van der Waals surface area contributed by atoms with Crippen molar-refractivity contribution in [1.82, 2.24) is 5.16 Å². The van der Waals surface area contributed by atoms with Gasteiger partial charge in [-0.15, -0.1) is 0 Å². The van der Waals surface area contributed by atoms with Gasteiger partial charge in [-0.1, -0.05) is 17.3 Å². The smallest absolute Gasteiger partial charge is 0.416 e. The number of halogens is 3. The van der Waals surface area contributed by atoms with E-state index in [-0.39, 0.29) is 17.7 Å². The number of alkyl halides is 3. The minimum absolute atomic E-state index is 0.168. The summed E-state index contributed by atoms with van der Waals surface area (Å²) in [5, 5.41) is 3.84. The molecule has 0 bridgehead atoms. The van der Waals surface area contributed by atoms with Crippen molar-refractivity contribution in [3.8, 4) is 5.75 Å². The zero-order valence-corrected chi connectivity index (χ0v) is 16.7. The highest BCUT2D eigenvalue weighted by Crippen LogP contribution is 2.29. The number of rotatable bonds is 7. The number of ketones is 1. The minimum Gasteiger partial charge on any atom is -0.489 e. The van der Waals surface area contributed by atoms with Crippen molar-refractivity contribution >= 4 is 11.8 Å². The van der Waals surface area contributed by atoms with E-state index in [1.807, 2.05) is 0 Å². The molecule has 0 saturated carbocycles. The molecule has 0 radical (unpaired) electrons. The fraction of sp³-hybridized carbons (Fsp3) is 0.227. The molecule has 0 saturated heterocycles. The Bertz CT molecular complexity index is 1070. The van der Waals surface area contributed by atoms with E-state index in [0.717, 1.165) is 29.5 Å². The molecular weight excluding hydrogens is 415 g/mol. The van der Waals surface area contributed by atoms with Crippen LogP contribution in [0.4, 0.5) is 13.2 Å². The van der Waals surface area contributed by atoms with Gasteiger partial charge in [0.2, 0.25) is 0 Å². The summed E-state index contributed by atoms with van der Waals surface area (Å²) in [5.41, 5.74) is 0.587. The van der Waals surface area contributed by atoms with Gasteiger partial charge >= 0.3 is 12.1 Å². The van der Waals surface area contributed by atoms with Crippen LogP contribution >= 0.6 is 0 Å². The standard InChI is InChI=1S/C22H18F3NO5/c1-13-19(14(2)31-26-13)11-29-18-8-6-15(7-9-18)21(28)30-12-20(27)16-4-3-5-17(10-16)22(23,24)25/h3-10H,11-12H2,1-2H3. The van der Waals surface area contributed by atoms with Crippen molar-refractivity contribution in [2.75, 3.05) is 6.61 Å². The second-order valence-corrected chi connectivity index (χ2v) is 6.69. The summed E-state index contributed by atoms with van der Waals surface area (Å²) in [5.74, 6) is -0.365. The van der Waals surface area contributed by atoms with Crippen LogP contribution in [0.3, 0.4) is 0 Å². The Morgan fingerprint density at radius 2 is 1.74 bits per heavy atom. The Morgan fingerprint density at radius 3 is 2.35 bits per heavy atom. The molecule has 0 aliphatic carbocycles. The van der Waals surface area contributed by atoms with Crippen LogP contribution in [0.2, 0.25) is 0 Å². The topological polar surface area (TPSA) is 78.6 Å². The lowest BCUT2D eigenvalue weighted by molar-refractivity contribution is -0.137. The number of esters is 1. The maximum atomic E-state index is 12.8. The van der Waals surface area contributed by atoms with Crippen LogP contribution in [0, 0.1) is 13.8 Å². The molecule has 3 rings (SSSR count). The largest absolute Gasteiger partial charge is 0.489 e. The van der Waals surface area contributed by atoms with Crippen LogP contribution in [0.1, 0.15) is 43.3 Å². The van der Waals surface area contributed by atoms with Crippen molar-refractivity contribution in [2.24, 2.45) is 0 Å². The van der Waals surface area contributed by atoms with E-state index in [9.17, 15) is 22.8 Å². The van der Waals surface area contributed by atoms with E-state index in [0.29, 0.717) is 11.5 Å². The minimum atomic E-state index is -4.57. The quantitative estimate of drug-likeness (QED) is 0.388. The SMILES string of the molecule is Cc1noc(C)c1COc1ccc(C(=O)OCC(=O)c2cccc(C(F)(F)F)c2)cc1. The van der Waals surface area contributed by atoms with Crippen LogP contribution in [-0.2, 0) is 17.5 Å². The van der Waals surface area contributed by atoms with Crippen molar-refractivity contribution in [3.63, 3.8) is 0 Å². The number of carbonyl (C=O) groups excluding carboxylic acids is 2. The summed E-state index contributed by atoms with van der Waals surface area (Å²) in [4.78, 5) is 24.2. The average molecular weight is 433 g/mol. The van der Waals surface area contributed by atoms with Crippen LogP contribution in [0.15, 0.2) is 53.1 Å². The molecule has 0 aliphatic rings. The highest BCUT2D eigenvalue weighted by atomic mass is 19.4. The maximum absolute atomic E-state index is 12.8. The molecule has 0 fully saturated rings. The molecule has 2 aromatic carbocycles. The first-order valence-corrected chi connectivity index (χ1v) is 9.17. The van der Waals surface area contributed by atoms with E-state index in [1.54, 1.807) is 26.0 Å². The van der Waals surface area contributed by atoms with Crippen molar-refractivity contribution in [3.05, 3.63) is 82.2 Å². The third-order valence-electron chi connectivity index (χ3n) is 4.50. The number of Topliss-reactive ketones (excluding diaryl/α,β-unsaturated/α-hetero) is 1. The summed E-state index contributed by atoms with van der Waals surface area (Å²) in [6.07, 6.45) is -4.57. The molecule has 1 aromatic heterocycles. The Labute approximate surface area is 175 Å². The van der Waals surface area contributed by atoms with Gasteiger partial charge in [0.1, 0.15) is 18.1 Å². The number of nitrogens with zero attached hydrogens (tertiary/aromatic N) is 1. The molecule has 1 heterocycles. The molecule has 0 aliphatic heterocycles. The normalized spacial score (nSPS) is 11.3. The summed E-state index contributed by atoms with van der Waals surface area (Å²) >= 11 is 0. The Balaban J connectivity index is 1.55. The number of carbonyl (C=O) groups is 2. The molecule has 0 amide bonds. The second-order valence-electron chi connectivity index (χ2n) is 6.69. The summed E-state index contributed by atoms with van der Waals surface area (Å²) in [6.45, 7) is 3.15. The molecule has 0 unspecified atom stereocenters. The Morgan fingerprint density at radius 1 is 1.03 bits per heavy atom. The van der Waals surface area contributed by atoms with Crippen molar-refractivity contribution in [1.29, 1.82) is 0 Å². The van der Waals surface area contributed by atoms with E-state index < -0.39 is 30.1 Å². The fourth-order valence-corrected chi connectivity index (χ4v) is 2.72. The van der Waals surface area contributed by atoms with E-state index >= 15 is 0 Å². The molecule has 162 valence electrons. The highest BCUT2D eigenvalue weighted by molar-refractivity contribution is 5.99. The van der Waals surface area contributed by atoms with Gasteiger partial charge in [0.25, 0.3) is 0 Å². The molecule has 9 heteroatoms. The zero-order valence-electron chi connectivity index (χ0n) is 16.7. The number of benzene rings is 2. The predicted octanol–water partition coefficient (Wildman–Crippen LogP) is 4.93. The first-order valence-electron chi connectivity index (χ1n) is 9.17. The van der Waals surface area contributed by atoms with Crippen LogP contribution in [-0.4, -0.2) is 23.5 Å². The van der Waals surface area contributed by atoms with Gasteiger partial charge in [0, 0.05) is 5.56 Å². The summed E-state index contributed by atoms with van der Waals surface area (Å²) < 4.78 is 53.9. The lowest BCUT2D eigenvalue weighted by Crippen LogP contribution is -2.15. The van der Waals surface area contributed by atoms with Gasteiger partial charge in [0.15, 0.2) is 12.4 Å². The van der Waals surface area contributed by atoms with Gasteiger partial charge in [-0.05, 0) is 50.2 Å². The maximum Gasteiger partial charge on any atom is 0.416 e. The molecule has 6 nitrogen and oxygen atoms in total. The van der Waals surface area contributed by atoms with E-state index in [1.165, 1.54) is 18.2 Å². The van der Waals surface area contributed by atoms with Gasteiger partial charge in [0.05, 0.1) is 22.4 Å². The van der Waals surface area contributed by atoms with Crippen LogP contribution in [0.5, 0.6) is 5.75 Å². The number of aromatic nitrogens is 1. The van der Waals surface area contributed by atoms with Crippen LogP contribution < -0.4 is 4.74 Å². The fourth-order valence-electron chi connectivity index (χ4n) is 2.72. The number of hydrogen-bond acceptors (Lipinski definition) is 6. The molecular formula is C22H18F3NO5. The lowest BCUT2D eigenvalue weighted by atomic mass is 10.1. The first-order chi connectivity index (χ1) is 14.6. The predicted molar refractivity (Wildman–Crippen MR) is 103 cm³/mol. The summed E-state index contributed by atoms with van der Waals surface area (Å²) in [6, 6.07) is 9.97. The van der Waals surface area contributed by atoms with Crippen molar-refractivity contribution < 1.29 is 36.8 Å². The number of hydrogen-bond donors (Lipinski definition) is 0. The van der Waals surface area contributed by atoms with Crippen LogP contribution in [0.25, 0.3) is 0 Å². The molecule has 3 aromatic rings. The van der Waals surface area contributed by atoms with E-state index in [2.05, 4.69) is 5.16 Å². The zero-order chi connectivity index (χ0) is 22.6. The van der Waals surface area contributed by atoms with Gasteiger partial charge < -0.3 is 14.0 Å². The third-order valence-corrected chi connectivity index (χ3v) is 4.50. The van der Waals surface area contributed by atoms with Crippen molar-refractivity contribution in [2.45, 2.75) is 26.6 Å².